The average Bonchev–Trinajstić information content (AvgIpc) is 3.00. The summed E-state index contributed by atoms with van der Waals surface area (Å²) in [4.78, 5) is 12.1. The first-order valence-electron chi connectivity index (χ1n) is 7.51. The molecule has 0 fully saturated rings. The van der Waals surface area contributed by atoms with Crippen molar-refractivity contribution < 1.29 is 4.79 Å². The lowest BCUT2D eigenvalue weighted by molar-refractivity contribution is -0.122. The monoisotopic (exact) mass is 283 g/mol. The SMILES string of the molecule is Cc1cc(C)n(CCC(=O)NC2CCc3ccccc32)n1. The highest BCUT2D eigenvalue weighted by Crippen LogP contribution is 2.30. The fourth-order valence-corrected chi connectivity index (χ4v) is 3.08. The number of aryl methyl sites for hydroxylation is 4. The second-order valence-corrected chi connectivity index (χ2v) is 5.76. The molecule has 0 aliphatic heterocycles. The number of aromatic nitrogens is 2. The minimum Gasteiger partial charge on any atom is -0.349 e. The standard InChI is InChI=1S/C17H21N3O/c1-12-11-13(2)20(19-12)10-9-17(21)18-16-8-7-14-5-3-4-6-15(14)16/h3-6,11,16H,7-10H2,1-2H3,(H,18,21). The number of carbonyl (C=O) groups is 1. The third kappa shape index (κ3) is 2.99. The van der Waals surface area contributed by atoms with E-state index < -0.39 is 0 Å². The van der Waals surface area contributed by atoms with Gasteiger partial charge in [-0.3, -0.25) is 9.48 Å². The number of fused-ring (bicyclic) bond motifs is 1. The Bertz CT molecular complexity index is 660. The Balaban J connectivity index is 1.57. The van der Waals surface area contributed by atoms with Crippen LogP contribution in [0, 0.1) is 13.8 Å². The lowest BCUT2D eigenvalue weighted by atomic mass is 10.1. The molecule has 0 spiro atoms. The van der Waals surface area contributed by atoms with E-state index in [2.05, 4.69) is 28.6 Å². The van der Waals surface area contributed by atoms with E-state index in [9.17, 15) is 4.79 Å². The first-order valence-corrected chi connectivity index (χ1v) is 7.51. The topological polar surface area (TPSA) is 46.9 Å². The number of nitrogens with zero attached hydrogens (tertiary/aromatic N) is 2. The smallest absolute Gasteiger partial charge is 0.222 e. The number of amides is 1. The minimum atomic E-state index is 0.101. The van der Waals surface area contributed by atoms with Gasteiger partial charge in [0.1, 0.15) is 0 Å². The Kier molecular flexibility index (Phi) is 3.78. The van der Waals surface area contributed by atoms with Crippen LogP contribution < -0.4 is 5.32 Å². The molecule has 1 heterocycles. The van der Waals surface area contributed by atoms with Gasteiger partial charge < -0.3 is 5.32 Å². The van der Waals surface area contributed by atoms with Gasteiger partial charge in [-0.1, -0.05) is 24.3 Å². The van der Waals surface area contributed by atoms with Crippen molar-refractivity contribution in [3.63, 3.8) is 0 Å². The average molecular weight is 283 g/mol. The number of hydrogen-bond donors (Lipinski definition) is 1. The number of carbonyl (C=O) groups excluding carboxylic acids is 1. The molecule has 0 saturated carbocycles. The Hall–Kier alpha value is -2.10. The third-order valence-corrected chi connectivity index (χ3v) is 4.12. The van der Waals surface area contributed by atoms with Crippen LogP contribution in [0.3, 0.4) is 0 Å². The van der Waals surface area contributed by atoms with Crippen LogP contribution in [0.1, 0.15) is 41.4 Å². The summed E-state index contributed by atoms with van der Waals surface area (Å²) < 4.78 is 1.90. The molecule has 1 atom stereocenters. The highest BCUT2D eigenvalue weighted by atomic mass is 16.1. The van der Waals surface area contributed by atoms with Crippen molar-refractivity contribution >= 4 is 5.91 Å². The summed E-state index contributed by atoms with van der Waals surface area (Å²) >= 11 is 0. The van der Waals surface area contributed by atoms with Crippen molar-refractivity contribution in [1.29, 1.82) is 0 Å². The molecule has 1 aliphatic carbocycles. The molecule has 3 rings (SSSR count). The van der Waals surface area contributed by atoms with E-state index in [-0.39, 0.29) is 11.9 Å². The molecule has 21 heavy (non-hydrogen) atoms. The van der Waals surface area contributed by atoms with E-state index >= 15 is 0 Å². The zero-order valence-electron chi connectivity index (χ0n) is 12.6. The van der Waals surface area contributed by atoms with Crippen molar-refractivity contribution in [1.82, 2.24) is 15.1 Å². The maximum atomic E-state index is 12.1. The molecule has 1 aromatic carbocycles. The van der Waals surface area contributed by atoms with Gasteiger partial charge in [0, 0.05) is 18.7 Å². The second-order valence-electron chi connectivity index (χ2n) is 5.76. The first kappa shape index (κ1) is 13.9. The molecule has 1 unspecified atom stereocenters. The van der Waals surface area contributed by atoms with Crippen LogP contribution in [-0.2, 0) is 17.8 Å². The quantitative estimate of drug-likeness (QED) is 0.937. The third-order valence-electron chi connectivity index (χ3n) is 4.12. The Morgan fingerprint density at radius 1 is 1.38 bits per heavy atom. The van der Waals surface area contributed by atoms with Crippen LogP contribution in [-0.4, -0.2) is 15.7 Å². The van der Waals surface area contributed by atoms with E-state index in [1.807, 2.05) is 30.7 Å². The molecule has 110 valence electrons. The molecule has 1 aliphatic rings. The first-order chi connectivity index (χ1) is 10.1. The lowest BCUT2D eigenvalue weighted by Gasteiger charge is -2.14. The maximum Gasteiger partial charge on any atom is 0.222 e. The Morgan fingerprint density at radius 2 is 2.19 bits per heavy atom. The van der Waals surface area contributed by atoms with Gasteiger partial charge in [-0.25, -0.2) is 0 Å². The number of benzene rings is 1. The highest BCUT2D eigenvalue weighted by Gasteiger charge is 2.23. The van der Waals surface area contributed by atoms with Crippen LogP contribution in [0.2, 0.25) is 0 Å². The van der Waals surface area contributed by atoms with Gasteiger partial charge in [0.05, 0.1) is 11.7 Å². The highest BCUT2D eigenvalue weighted by molar-refractivity contribution is 5.76. The molecular weight excluding hydrogens is 262 g/mol. The molecule has 2 aromatic rings. The molecule has 0 radical (unpaired) electrons. The molecule has 1 amide bonds. The fraction of sp³-hybridized carbons (Fsp3) is 0.412. The van der Waals surface area contributed by atoms with Crippen LogP contribution in [0.4, 0.5) is 0 Å². The maximum absolute atomic E-state index is 12.1. The molecule has 1 aromatic heterocycles. The normalized spacial score (nSPS) is 16.8. The lowest BCUT2D eigenvalue weighted by Crippen LogP contribution is -2.28. The van der Waals surface area contributed by atoms with Gasteiger partial charge in [0.15, 0.2) is 0 Å². The van der Waals surface area contributed by atoms with E-state index in [0.717, 1.165) is 24.2 Å². The van der Waals surface area contributed by atoms with Crippen LogP contribution >= 0.6 is 0 Å². The van der Waals surface area contributed by atoms with Gasteiger partial charge in [-0.15, -0.1) is 0 Å². The summed E-state index contributed by atoms with van der Waals surface area (Å²) in [7, 11) is 0. The fourth-order valence-electron chi connectivity index (χ4n) is 3.08. The minimum absolute atomic E-state index is 0.101. The number of rotatable bonds is 4. The van der Waals surface area contributed by atoms with Crippen molar-refractivity contribution in [2.24, 2.45) is 0 Å². The molecule has 4 heteroatoms. The largest absolute Gasteiger partial charge is 0.349 e. The van der Waals surface area contributed by atoms with Crippen molar-refractivity contribution in [3.8, 4) is 0 Å². The Morgan fingerprint density at radius 3 is 2.95 bits per heavy atom. The summed E-state index contributed by atoms with van der Waals surface area (Å²) in [6.07, 6.45) is 2.53. The molecular formula is C17H21N3O. The van der Waals surface area contributed by atoms with Crippen LogP contribution in [0.15, 0.2) is 30.3 Å². The van der Waals surface area contributed by atoms with Gasteiger partial charge in [-0.05, 0) is 43.9 Å². The summed E-state index contributed by atoms with van der Waals surface area (Å²) in [5, 5.41) is 7.54. The van der Waals surface area contributed by atoms with Gasteiger partial charge in [0.2, 0.25) is 5.91 Å². The van der Waals surface area contributed by atoms with E-state index in [4.69, 9.17) is 0 Å². The zero-order valence-corrected chi connectivity index (χ0v) is 12.6. The Labute approximate surface area is 125 Å². The summed E-state index contributed by atoms with van der Waals surface area (Å²) in [5.41, 5.74) is 4.74. The van der Waals surface area contributed by atoms with Gasteiger partial charge >= 0.3 is 0 Å². The predicted molar refractivity (Wildman–Crippen MR) is 82.0 cm³/mol. The number of hydrogen-bond acceptors (Lipinski definition) is 2. The van der Waals surface area contributed by atoms with Gasteiger partial charge in [-0.2, -0.15) is 5.10 Å². The summed E-state index contributed by atoms with van der Waals surface area (Å²) in [6, 6.07) is 10.6. The predicted octanol–water partition coefficient (Wildman–Crippen LogP) is 2.69. The van der Waals surface area contributed by atoms with E-state index in [1.54, 1.807) is 0 Å². The van der Waals surface area contributed by atoms with Crippen LogP contribution in [0.5, 0.6) is 0 Å². The van der Waals surface area contributed by atoms with Crippen LogP contribution in [0.25, 0.3) is 0 Å². The molecule has 4 nitrogen and oxygen atoms in total. The van der Waals surface area contributed by atoms with E-state index in [1.165, 1.54) is 11.1 Å². The van der Waals surface area contributed by atoms with Crippen molar-refractivity contribution in [2.45, 2.75) is 45.7 Å². The molecule has 0 bridgehead atoms. The van der Waals surface area contributed by atoms with Crippen molar-refractivity contribution in [3.05, 3.63) is 52.8 Å². The van der Waals surface area contributed by atoms with Gasteiger partial charge in [0.25, 0.3) is 0 Å². The van der Waals surface area contributed by atoms with Crippen molar-refractivity contribution in [2.75, 3.05) is 0 Å². The zero-order chi connectivity index (χ0) is 14.8. The summed E-state index contributed by atoms with van der Waals surface area (Å²) in [6.45, 7) is 4.63. The van der Waals surface area contributed by atoms with E-state index in [0.29, 0.717) is 13.0 Å². The molecule has 0 saturated heterocycles. The second kappa shape index (κ2) is 5.72. The molecule has 1 N–H and O–H groups in total. The summed E-state index contributed by atoms with van der Waals surface area (Å²) in [5.74, 6) is 0.101. The number of nitrogens with one attached hydrogen (secondary N) is 1.